The third-order valence-corrected chi connectivity index (χ3v) is 6.22. The van der Waals surface area contributed by atoms with E-state index in [1.165, 1.54) is 24.3 Å². The molecule has 1 aromatic carbocycles. The zero-order valence-electron chi connectivity index (χ0n) is 15.9. The quantitative estimate of drug-likeness (QED) is 0.672. The zero-order chi connectivity index (χ0) is 20.5. The van der Waals surface area contributed by atoms with Crippen LogP contribution in [0.4, 0.5) is 6.01 Å². The molecule has 0 saturated carbocycles. The Bertz CT molecular complexity index is 1100. The van der Waals surface area contributed by atoms with Crippen LogP contribution in [-0.4, -0.2) is 39.6 Å². The molecule has 0 spiro atoms. The van der Waals surface area contributed by atoms with Gasteiger partial charge in [-0.2, -0.15) is 5.10 Å². The highest BCUT2D eigenvalue weighted by molar-refractivity contribution is 7.92. The Hall–Kier alpha value is -3.01. The first-order chi connectivity index (χ1) is 13.2. The molecule has 0 aliphatic carbocycles. The molecule has 0 atom stereocenters. The number of anilines is 1. The number of nitrogens with one attached hydrogen (secondary N) is 1. The molecule has 0 aliphatic rings. The fourth-order valence-corrected chi connectivity index (χ4v) is 3.63. The van der Waals surface area contributed by atoms with Gasteiger partial charge in [-0.1, -0.05) is 11.2 Å². The van der Waals surface area contributed by atoms with Gasteiger partial charge in [0.15, 0.2) is 9.84 Å². The number of carbonyl (C=O) groups excluding carboxylic acids is 1. The second-order valence-corrected chi connectivity index (χ2v) is 9.25. The molecule has 1 amide bonds. The number of nitrogens with zero attached hydrogens (tertiary/aromatic N) is 4. The number of benzene rings is 1. The van der Waals surface area contributed by atoms with Gasteiger partial charge in [-0.25, -0.2) is 8.42 Å². The highest BCUT2D eigenvalue weighted by Crippen LogP contribution is 2.23. The van der Waals surface area contributed by atoms with Gasteiger partial charge >= 0.3 is 6.01 Å². The maximum absolute atomic E-state index is 12.5. The standard InChI is InChI=1S/C18H21N5O4S/c1-11(2)23-15(8-9-19-23)17-21-22-18(27-17)20-16(24)13-6-5-7-14(10-13)28(25,26)12(3)4/h5-12H,1-4H3,(H,20,22,24). The second-order valence-electron chi connectivity index (χ2n) is 6.74. The zero-order valence-corrected chi connectivity index (χ0v) is 16.8. The third-order valence-electron chi connectivity index (χ3n) is 4.07. The summed E-state index contributed by atoms with van der Waals surface area (Å²) in [7, 11) is -3.49. The Kier molecular flexibility index (Phi) is 5.32. The van der Waals surface area contributed by atoms with E-state index in [4.69, 9.17) is 4.42 Å². The fourth-order valence-electron chi connectivity index (χ4n) is 2.53. The van der Waals surface area contributed by atoms with Crippen molar-refractivity contribution in [3.8, 4) is 11.6 Å². The van der Waals surface area contributed by atoms with Crippen LogP contribution in [0.1, 0.15) is 44.1 Å². The third kappa shape index (κ3) is 3.81. The van der Waals surface area contributed by atoms with Crippen molar-refractivity contribution >= 4 is 21.8 Å². The summed E-state index contributed by atoms with van der Waals surface area (Å²) in [6.45, 7) is 7.11. The Morgan fingerprint density at radius 3 is 2.57 bits per heavy atom. The lowest BCUT2D eigenvalue weighted by molar-refractivity contribution is 0.102. The van der Waals surface area contributed by atoms with Crippen LogP contribution in [0, 0.1) is 0 Å². The van der Waals surface area contributed by atoms with Crippen molar-refractivity contribution in [2.24, 2.45) is 0 Å². The lowest BCUT2D eigenvalue weighted by Crippen LogP contribution is -2.16. The van der Waals surface area contributed by atoms with Crippen molar-refractivity contribution < 1.29 is 17.6 Å². The fraction of sp³-hybridized carbons (Fsp3) is 0.333. The largest absolute Gasteiger partial charge is 0.401 e. The first kappa shape index (κ1) is 19.7. The predicted octanol–water partition coefficient (Wildman–Crippen LogP) is 2.95. The molecular formula is C18H21N5O4S. The molecule has 3 aromatic rings. The Balaban J connectivity index is 1.81. The van der Waals surface area contributed by atoms with Crippen LogP contribution in [0.2, 0.25) is 0 Å². The molecule has 2 heterocycles. The van der Waals surface area contributed by atoms with E-state index in [1.54, 1.807) is 30.8 Å². The van der Waals surface area contributed by atoms with E-state index in [0.717, 1.165) is 0 Å². The van der Waals surface area contributed by atoms with Gasteiger partial charge in [0, 0.05) is 17.8 Å². The molecule has 3 rings (SSSR count). The van der Waals surface area contributed by atoms with Crippen molar-refractivity contribution in [2.75, 3.05) is 5.32 Å². The molecule has 0 fully saturated rings. The molecule has 0 saturated heterocycles. The molecule has 0 radical (unpaired) electrons. The lowest BCUT2D eigenvalue weighted by atomic mass is 10.2. The number of sulfone groups is 1. The van der Waals surface area contributed by atoms with Crippen LogP contribution in [-0.2, 0) is 9.84 Å². The van der Waals surface area contributed by atoms with Crippen molar-refractivity contribution in [1.82, 2.24) is 20.0 Å². The Labute approximate surface area is 162 Å². The highest BCUT2D eigenvalue weighted by Gasteiger charge is 2.21. The lowest BCUT2D eigenvalue weighted by Gasteiger charge is -2.09. The van der Waals surface area contributed by atoms with E-state index in [9.17, 15) is 13.2 Å². The minimum atomic E-state index is -3.49. The number of aromatic nitrogens is 4. The number of rotatable bonds is 6. The van der Waals surface area contributed by atoms with Crippen molar-refractivity contribution in [2.45, 2.75) is 43.9 Å². The molecule has 0 bridgehead atoms. The number of carbonyl (C=O) groups is 1. The van der Waals surface area contributed by atoms with Crippen molar-refractivity contribution in [3.63, 3.8) is 0 Å². The minimum absolute atomic E-state index is 0.0854. The molecule has 10 heteroatoms. The van der Waals surface area contributed by atoms with Crippen molar-refractivity contribution in [3.05, 3.63) is 42.1 Å². The first-order valence-corrected chi connectivity index (χ1v) is 10.3. The first-order valence-electron chi connectivity index (χ1n) is 8.73. The predicted molar refractivity (Wildman–Crippen MR) is 103 cm³/mol. The van der Waals surface area contributed by atoms with Crippen LogP contribution in [0.25, 0.3) is 11.6 Å². The van der Waals surface area contributed by atoms with Crippen LogP contribution in [0.15, 0.2) is 45.8 Å². The molecular weight excluding hydrogens is 382 g/mol. The number of hydrogen-bond donors (Lipinski definition) is 1. The summed E-state index contributed by atoms with van der Waals surface area (Å²) in [6.07, 6.45) is 1.62. The molecule has 2 aromatic heterocycles. The topological polar surface area (TPSA) is 120 Å². The van der Waals surface area contributed by atoms with E-state index < -0.39 is 21.0 Å². The van der Waals surface area contributed by atoms with E-state index >= 15 is 0 Å². The smallest absolute Gasteiger partial charge is 0.322 e. The summed E-state index contributed by atoms with van der Waals surface area (Å²) in [5, 5.41) is 13.9. The van der Waals surface area contributed by atoms with E-state index in [0.29, 0.717) is 5.69 Å². The number of amides is 1. The average Bonchev–Trinajstić information content (AvgIpc) is 3.30. The van der Waals surface area contributed by atoms with Gasteiger partial charge in [-0.15, -0.1) is 5.10 Å². The van der Waals surface area contributed by atoms with Crippen LogP contribution >= 0.6 is 0 Å². The molecule has 0 unspecified atom stereocenters. The summed E-state index contributed by atoms with van der Waals surface area (Å²) in [6, 6.07) is 7.57. The molecule has 28 heavy (non-hydrogen) atoms. The summed E-state index contributed by atoms with van der Waals surface area (Å²) in [5.41, 5.74) is 0.807. The van der Waals surface area contributed by atoms with E-state index in [1.807, 2.05) is 13.8 Å². The van der Waals surface area contributed by atoms with Gasteiger partial charge in [0.25, 0.3) is 11.8 Å². The summed E-state index contributed by atoms with van der Waals surface area (Å²) < 4.78 is 31.8. The SMILES string of the molecule is CC(C)n1nccc1-c1nnc(NC(=O)c2cccc(S(=O)(=O)C(C)C)c2)o1. The number of hydrogen-bond acceptors (Lipinski definition) is 7. The summed E-state index contributed by atoms with van der Waals surface area (Å²) in [4.78, 5) is 12.6. The minimum Gasteiger partial charge on any atom is -0.401 e. The van der Waals surface area contributed by atoms with Crippen LogP contribution in [0.3, 0.4) is 0 Å². The molecule has 148 valence electrons. The summed E-state index contributed by atoms with van der Waals surface area (Å²) in [5.74, 6) is -0.328. The van der Waals surface area contributed by atoms with Crippen LogP contribution < -0.4 is 5.32 Å². The van der Waals surface area contributed by atoms with Gasteiger partial charge in [0.05, 0.1) is 10.1 Å². The monoisotopic (exact) mass is 403 g/mol. The maximum atomic E-state index is 12.5. The van der Waals surface area contributed by atoms with E-state index in [2.05, 4.69) is 20.6 Å². The Morgan fingerprint density at radius 2 is 1.89 bits per heavy atom. The maximum Gasteiger partial charge on any atom is 0.322 e. The second kappa shape index (κ2) is 7.55. The van der Waals surface area contributed by atoms with Crippen LogP contribution in [0.5, 0.6) is 0 Å². The van der Waals surface area contributed by atoms with Gasteiger partial charge < -0.3 is 4.42 Å². The van der Waals surface area contributed by atoms with Gasteiger partial charge in [-0.3, -0.25) is 14.8 Å². The van der Waals surface area contributed by atoms with Crippen molar-refractivity contribution in [1.29, 1.82) is 0 Å². The molecule has 9 nitrogen and oxygen atoms in total. The Morgan fingerprint density at radius 1 is 1.14 bits per heavy atom. The van der Waals surface area contributed by atoms with E-state index in [-0.39, 0.29) is 28.4 Å². The van der Waals surface area contributed by atoms with Gasteiger partial charge in [0.2, 0.25) is 0 Å². The molecule has 1 N–H and O–H groups in total. The van der Waals surface area contributed by atoms with Gasteiger partial charge in [0.1, 0.15) is 5.69 Å². The summed E-state index contributed by atoms with van der Waals surface area (Å²) >= 11 is 0. The van der Waals surface area contributed by atoms with Gasteiger partial charge in [-0.05, 0) is 52.0 Å². The average molecular weight is 403 g/mol. The highest BCUT2D eigenvalue weighted by atomic mass is 32.2. The normalized spacial score (nSPS) is 11.9. The molecule has 0 aliphatic heterocycles.